The number of hydrogen-bond donors (Lipinski definition) is 1. The van der Waals surface area contributed by atoms with Gasteiger partial charge in [0.2, 0.25) is 0 Å². The van der Waals surface area contributed by atoms with Gasteiger partial charge in [0.15, 0.2) is 0 Å². The summed E-state index contributed by atoms with van der Waals surface area (Å²) in [6.07, 6.45) is 6.01. The molecule has 124 valence electrons. The highest BCUT2D eigenvalue weighted by Gasteiger charge is 2.48. The number of carbonyl (C=O) groups excluding carboxylic acids is 1. The molecule has 1 aromatic rings. The highest BCUT2D eigenvalue weighted by Crippen LogP contribution is 2.45. The van der Waals surface area contributed by atoms with Crippen LogP contribution < -0.4 is 5.32 Å². The van der Waals surface area contributed by atoms with Gasteiger partial charge in [-0.15, -0.1) is 0 Å². The number of anilines is 1. The number of carbonyl (C=O) groups is 1. The van der Waals surface area contributed by atoms with Crippen molar-refractivity contribution >= 4 is 11.8 Å². The first-order chi connectivity index (χ1) is 11.2. The number of ether oxygens (including phenoxy) is 1. The smallest absolute Gasteiger partial charge is 0.411 e. The molecule has 2 aliphatic heterocycles. The minimum absolute atomic E-state index is 0.0953. The zero-order valence-corrected chi connectivity index (χ0v) is 13.8. The van der Waals surface area contributed by atoms with Crippen LogP contribution in [-0.2, 0) is 4.74 Å². The molecule has 2 heterocycles. The van der Waals surface area contributed by atoms with Gasteiger partial charge in [-0.1, -0.05) is 18.6 Å². The van der Waals surface area contributed by atoms with Crippen LogP contribution in [0.3, 0.4) is 0 Å². The van der Waals surface area contributed by atoms with Gasteiger partial charge >= 0.3 is 6.09 Å². The second-order valence-electron chi connectivity index (χ2n) is 7.50. The fraction of sp³-hybridized carbons (Fsp3) is 0.632. The molecular formula is C19H26N2O2. The topological polar surface area (TPSA) is 41.6 Å². The maximum absolute atomic E-state index is 12.3. The number of nitrogens with one attached hydrogen (secondary N) is 1. The van der Waals surface area contributed by atoms with E-state index in [0.717, 1.165) is 17.7 Å². The van der Waals surface area contributed by atoms with Crippen molar-refractivity contribution in [3.63, 3.8) is 0 Å². The van der Waals surface area contributed by atoms with Crippen molar-refractivity contribution in [3.05, 3.63) is 29.8 Å². The molecule has 3 aliphatic rings. The summed E-state index contributed by atoms with van der Waals surface area (Å²) < 4.78 is 5.84. The van der Waals surface area contributed by atoms with Crippen LogP contribution in [0.5, 0.6) is 0 Å². The van der Waals surface area contributed by atoms with E-state index < -0.39 is 0 Å². The Bertz CT molecular complexity index is 588. The molecule has 3 fully saturated rings. The Balaban J connectivity index is 1.40. The van der Waals surface area contributed by atoms with Crippen LogP contribution in [0.15, 0.2) is 24.3 Å². The second-order valence-corrected chi connectivity index (χ2v) is 7.50. The molecule has 1 aromatic carbocycles. The van der Waals surface area contributed by atoms with Crippen molar-refractivity contribution < 1.29 is 9.53 Å². The highest BCUT2D eigenvalue weighted by atomic mass is 16.6. The largest absolute Gasteiger partial charge is 0.446 e. The quantitative estimate of drug-likeness (QED) is 0.902. The molecule has 1 N–H and O–H groups in total. The fourth-order valence-electron chi connectivity index (χ4n) is 4.89. The van der Waals surface area contributed by atoms with Crippen molar-refractivity contribution in [2.75, 3.05) is 18.4 Å². The van der Waals surface area contributed by atoms with Crippen LogP contribution in [-0.4, -0.2) is 36.2 Å². The summed E-state index contributed by atoms with van der Waals surface area (Å²) in [5.41, 5.74) is 1.95. The lowest BCUT2D eigenvalue weighted by Crippen LogP contribution is -2.49. The predicted octanol–water partition coefficient (Wildman–Crippen LogP) is 3.81. The molecule has 4 heteroatoms. The number of piperidine rings is 2. The average Bonchev–Trinajstić information content (AvgIpc) is 2.84. The second kappa shape index (κ2) is 6.16. The molecule has 4 nitrogen and oxygen atoms in total. The van der Waals surface area contributed by atoms with E-state index in [-0.39, 0.29) is 12.2 Å². The molecule has 1 amide bonds. The van der Waals surface area contributed by atoms with Crippen LogP contribution >= 0.6 is 0 Å². The lowest BCUT2D eigenvalue weighted by molar-refractivity contribution is 0.0181. The van der Waals surface area contributed by atoms with Crippen molar-refractivity contribution in [2.45, 2.75) is 51.2 Å². The number of rotatable bonds is 2. The number of benzene rings is 1. The third kappa shape index (κ3) is 3.09. The first-order valence-electron chi connectivity index (χ1n) is 8.97. The van der Waals surface area contributed by atoms with Gasteiger partial charge < -0.3 is 4.74 Å². The van der Waals surface area contributed by atoms with E-state index in [1.165, 1.54) is 38.8 Å². The summed E-state index contributed by atoms with van der Waals surface area (Å²) in [4.78, 5) is 14.9. The van der Waals surface area contributed by atoms with E-state index >= 15 is 0 Å². The number of nitrogens with zero attached hydrogens (tertiary/aromatic N) is 1. The summed E-state index contributed by atoms with van der Waals surface area (Å²) in [7, 11) is 0. The molecule has 3 unspecified atom stereocenters. The van der Waals surface area contributed by atoms with Gasteiger partial charge in [-0.2, -0.15) is 0 Å². The Morgan fingerprint density at radius 1 is 1.30 bits per heavy atom. The number of fused-ring (bicyclic) bond motifs is 4. The molecule has 4 atom stereocenters. The normalized spacial score (nSPS) is 33.1. The van der Waals surface area contributed by atoms with Crippen LogP contribution in [0.4, 0.5) is 10.5 Å². The molecule has 0 radical (unpaired) electrons. The van der Waals surface area contributed by atoms with E-state index in [0.29, 0.717) is 17.9 Å². The number of hydrogen-bond acceptors (Lipinski definition) is 3. The molecule has 1 aliphatic carbocycles. The van der Waals surface area contributed by atoms with Gasteiger partial charge in [0, 0.05) is 24.2 Å². The maximum Gasteiger partial charge on any atom is 0.411 e. The molecule has 1 saturated carbocycles. The molecular weight excluding hydrogens is 288 g/mol. The average molecular weight is 314 g/mol. The Hall–Kier alpha value is -1.55. The fourth-order valence-corrected chi connectivity index (χ4v) is 4.89. The maximum atomic E-state index is 12.3. The molecule has 23 heavy (non-hydrogen) atoms. The van der Waals surface area contributed by atoms with Crippen LogP contribution in [0.1, 0.15) is 37.7 Å². The summed E-state index contributed by atoms with van der Waals surface area (Å²) in [6.45, 7) is 4.47. The first kappa shape index (κ1) is 15.0. The third-order valence-electron chi connectivity index (χ3n) is 5.82. The third-order valence-corrected chi connectivity index (χ3v) is 5.82. The molecule has 0 spiro atoms. The minimum Gasteiger partial charge on any atom is -0.446 e. The van der Waals surface area contributed by atoms with Gasteiger partial charge in [-0.25, -0.2) is 4.79 Å². The molecule has 4 rings (SSSR count). The Morgan fingerprint density at radius 2 is 2.22 bits per heavy atom. The van der Waals surface area contributed by atoms with E-state index in [1.54, 1.807) is 0 Å². The molecule has 2 saturated heterocycles. The Morgan fingerprint density at radius 3 is 3.09 bits per heavy atom. The zero-order chi connectivity index (χ0) is 15.8. The number of amides is 1. The minimum atomic E-state index is -0.296. The van der Waals surface area contributed by atoms with E-state index in [1.807, 2.05) is 31.2 Å². The summed E-state index contributed by atoms with van der Waals surface area (Å²) in [5.74, 6) is 1.25. The van der Waals surface area contributed by atoms with Crippen LogP contribution in [0, 0.1) is 18.8 Å². The lowest BCUT2D eigenvalue weighted by atomic mass is 9.84. The lowest BCUT2D eigenvalue weighted by Gasteiger charge is -2.43. The summed E-state index contributed by atoms with van der Waals surface area (Å²) >= 11 is 0. The van der Waals surface area contributed by atoms with Gasteiger partial charge in [0.05, 0.1) is 0 Å². The van der Waals surface area contributed by atoms with E-state index in [4.69, 9.17) is 4.74 Å². The van der Waals surface area contributed by atoms with E-state index in [2.05, 4.69) is 10.2 Å². The van der Waals surface area contributed by atoms with Gasteiger partial charge in [-0.3, -0.25) is 10.2 Å². The Kier molecular flexibility index (Phi) is 4.02. The monoisotopic (exact) mass is 314 g/mol. The van der Waals surface area contributed by atoms with Crippen molar-refractivity contribution in [2.24, 2.45) is 11.8 Å². The van der Waals surface area contributed by atoms with Crippen LogP contribution in [0.25, 0.3) is 0 Å². The van der Waals surface area contributed by atoms with Gasteiger partial charge in [-0.05, 0) is 62.8 Å². The number of aryl methyl sites for hydroxylation is 1. The van der Waals surface area contributed by atoms with Crippen molar-refractivity contribution in [3.8, 4) is 0 Å². The predicted molar refractivity (Wildman–Crippen MR) is 90.5 cm³/mol. The Labute approximate surface area is 138 Å². The standard InChI is InChI=1S/C19H26N2O2/c1-13-5-4-6-15(9-13)20-19(22)23-18-11-14-10-16(18)17-7-2-3-8-21(17)12-14/h4-6,9,14,16-18H,2-3,7-8,10-12H2,1H3,(H,20,22)/t14?,16?,17-,18?/m1/s1. The highest BCUT2D eigenvalue weighted by molar-refractivity contribution is 5.84. The summed E-state index contributed by atoms with van der Waals surface area (Å²) in [5, 5.41) is 2.89. The SMILES string of the molecule is Cc1cccc(NC(=O)OC2CC3CC2[C@H]2CCCCN2C3)c1. The van der Waals surface area contributed by atoms with Crippen molar-refractivity contribution in [1.82, 2.24) is 4.90 Å². The summed E-state index contributed by atoms with van der Waals surface area (Å²) in [6, 6.07) is 8.49. The van der Waals surface area contributed by atoms with Crippen molar-refractivity contribution in [1.29, 1.82) is 0 Å². The molecule has 0 aromatic heterocycles. The van der Waals surface area contributed by atoms with E-state index in [9.17, 15) is 4.79 Å². The molecule has 2 bridgehead atoms. The zero-order valence-electron chi connectivity index (χ0n) is 13.8. The van der Waals surface area contributed by atoms with Gasteiger partial charge in [0.1, 0.15) is 6.10 Å². The first-order valence-corrected chi connectivity index (χ1v) is 8.97. The van der Waals surface area contributed by atoms with Gasteiger partial charge in [0.25, 0.3) is 0 Å². The van der Waals surface area contributed by atoms with Crippen LogP contribution in [0.2, 0.25) is 0 Å².